The van der Waals surface area contributed by atoms with E-state index in [1.807, 2.05) is 0 Å². The quantitative estimate of drug-likeness (QED) is 0.678. The molecule has 0 aliphatic rings. The fourth-order valence-corrected chi connectivity index (χ4v) is 0.932. The molecule has 0 aliphatic carbocycles. The summed E-state index contributed by atoms with van der Waals surface area (Å²) >= 11 is 0. The Morgan fingerprint density at radius 3 is 2.67 bits per heavy atom. The normalized spacial score (nSPS) is 9.92. The molecule has 1 aromatic carbocycles. The van der Waals surface area contributed by atoms with E-state index in [1.165, 1.54) is 19.1 Å². The minimum Gasteiger partial charge on any atom is -0.326 e. The molecule has 2 nitrogen and oxygen atoms in total. The van der Waals surface area contributed by atoms with Crippen molar-refractivity contribution in [1.82, 2.24) is 0 Å². The molecule has 0 aliphatic heterocycles. The van der Waals surface area contributed by atoms with Crippen LogP contribution in [0.25, 0.3) is 0 Å². The maximum Gasteiger partial charge on any atom is 0.159 e. The minimum atomic E-state index is -0.412. The zero-order chi connectivity index (χ0) is 9.14. The Labute approximate surface area is 70.2 Å². The first-order valence-corrected chi connectivity index (χ1v) is 3.64. The van der Waals surface area contributed by atoms with Crippen LogP contribution in [0.5, 0.6) is 0 Å². The number of ketones is 1. The highest BCUT2D eigenvalue weighted by Crippen LogP contribution is 2.09. The van der Waals surface area contributed by atoms with Gasteiger partial charge in [0.25, 0.3) is 0 Å². The first kappa shape index (κ1) is 8.87. The van der Waals surface area contributed by atoms with Crippen LogP contribution < -0.4 is 5.73 Å². The summed E-state index contributed by atoms with van der Waals surface area (Å²) in [5.41, 5.74) is 6.06. The van der Waals surface area contributed by atoms with E-state index in [2.05, 4.69) is 0 Å². The standard InChI is InChI=1S/C9H10FNO/c1-6(12)7-2-3-8(5-11)9(10)4-7/h2-4H,5,11H2,1H3. The molecule has 0 amide bonds. The minimum absolute atomic E-state index is 0.141. The Morgan fingerprint density at radius 1 is 1.58 bits per heavy atom. The van der Waals surface area contributed by atoms with Crippen molar-refractivity contribution in [1.29, 1.82) is 0 Å². The van der Waals surface area contributed by atoms with Crippen molar-refractivity contribution in [2.45, 2.75) is 13.5 Å². The summed E-state index contributed by atoms with van der Waals surface area (Å²) in [6.45, 7) is 1.56. The molecule has 0 heterocycles. The first-order chi connectivity index (χ1) is 5.65. The number of carbonyl (C=O) groups excluding carboxylic acids is 1. The Kier molecular flexibility index (Phi) is 2.55. The molecular weight excluding hydrogens is 157 g/mol. The molecule has 2 N–H and O–H groups in total. The van der Waals surface area contributed by atoms with Crippen LogP contribution in [0.1, 0.15) is 22.8 Å². The summed E-state index contributed by atoms with van der Waals surface area (Å²) < 4.78 is 13.0. The molecule has 1 aromatic rings. The van der Waals surface area contributed by atoms with Crippen LogP contribution in [0.15, 0.2) is 18.2 Å². The number of Topliss-reactive ketones (excluding diaryl/α,β-unsaturated/α-hetero) is 1. The third-order valence-electron chi connectivity index (χ3n) is 1.68. The van der Waals surface area contributed by atoms with Gasteiger partial charge in [-0.15, -0.1) is 0 Å². The van der Waals surface area contributed by atoms with Gasteiger partial charge in [0.1, 0.15) is 5.82 Å². The summed E-state index contributed by atoms with van der Waals surface area (Å²) in [5.74, 6) is -0.553. The molecule has 0 aromatic heterocycles. The van der Waals surface area contributed by atoms with Crippen LogP contribution in [0.2, 0.25) is 0 Å². The van der Waals surface area contributed by atoms with Crippen molar-refractivity contribution >= 4 is 5.78 Å². The van der Waals surface area contributed by atoms with E-state index in [9.17, 15) is 9.18 Å². The van der Waals surface area contributed by atoms with Crippen LogP contribution in [0.4, 0.5) is 4.39 Å². The average Bonchev–Trinajstić information content (AvgIpc) is 2.04. The van der Waals surface area contributed by atoms with Gasteiger partial charge in [-0.3, -0.25) is 4.79 Å². The van der Waals surface area contributed by atoms with Gasteiger partial charge in [-0.2, -0.15) is 0 Å². The van der Waals surface area contributed by atoms with E-state index in [4.69, 9.17) is 5.73 Å². The zero-order valence-electron chi connectivity index (χ0n) is 6.80. The van der Waals surface area contributed by atoms with Crippen molar-refractivity contribution in [2.24, 2.45) is 5.73 Å². The van der Waals surface area contributed by atoms with E-state index in [1.54, 1.807) is 6.07 Å². The lowest BCUT2D eigenvalue weighted by Crippen LogP contribution is -2.01. The fourth-order valence-electron chi connectivity index (χ4n) is 0.932. The Balaban J connectivity index is 3.10. The number of hydrogen-bond donors (Lipinski definition) is 1. The van der Waals surface area contributed by atoms with Crippen LogP contribution in [0, 0.1) is 5.82 Å². The van der Waals surface area contributed by atoms with Crippen molar-refractivity contribution in [3.63, 3.8) is 0 Å². The van der Waals surface area contributed by atoms with Gasteiger partial charge in [0, 0.05) is 17.7 Å². The predicted molar refractivity (Wildman–Crippen MR) is 44.3 cm³/mol. The van der Waals surface area contributed by atoms with E-state index in [-0.39, 0.29) is 12.3 Å². The van der Waals surface area contributed by atoms with Crippen LogP contribution in [-0.4, -0.2) is 5.78 Å². The topological polar surface area (TPSA) is 43.1 Å². The van der Waals surface area contributed by atoms with Crippen LogP contribution >= 0.6 is 0 Å². The number of carbonyl (C=O) groups is 1. The van der Waals surface area contributed by atoms with Crippen molar-refractivity contribution in [3.8, 4) is 0 Å². The number of halogens is 1. The van der Waals surface area contributed by atoms with Gasteiger partial charge in [0.2, 0.25) is 0 Å². The monoisotopic (exact) mass is 167 g/mol. The molecule has 1 rings (SSSR count). The first-order valence-electron chi connectivity index (χ1n) is 3.64. The molecule has 12 heavy (non-hydrogen) atoms. The van der Waals surface area contributed by atoms with Crippen molar-refractivity contribution in [2.75, 3.05) is 0 Å². The summed E-state index contributed by atoms with van der Waals surface area (Å²) in [6.07, 6.45) is 0. The molecule has 0 bridgehead atoms. The lowest BCUT2D eigenvalue weighted by molar-refractivity contribution is 0.101. The van der Waals surface area contributed by atoms with Crippen LogP contribution in [-0.2, 0) is 6.54 Å². The molecule has 0 saturated carbocycles. The molecule has 0 spiro atoms. The second kappa shape index (κ2) is 3.45. The van der Waals surface area contributed by atoms with E-state index >= 15 is 0 Å². The van der Waals surface area contributed by atoms with Gasteiger partial charge in [-0.05, 0) is 13.0 Å². The fraction of sp³-hybridized carbons (Fsp3) is 0.222. The second-order valence-corrected chi connectivity index (χ2v) is 2.57. The molecule has 0 atom stereocenters. The van der Waals surface area contributed by atoms with Gasteiger partial charge in [-0.1, -0.05) is 12.1 Å². The smallest absolute Gasteiger partial charge is 0.159 e. The van der Waals surface area contributed by atoms with Crippen LogP contribution in [0.3, 0.4) is 0 Å². The SMILES string of the molecule is CC(=O)c1ccc(CN)c(F)c1. The number of hydrogen-bond acceptors (Lipinski definition) is 2. The predicted octanol–water partition coefficient (Wildman–Crippen LogP) is 1.49. The van der Waals surface area contributed by atoms with Gasteiger partial charge >= 0.3 is 0 Å². The summed E-state index contributed by atoms with van der Waals surface area (Å²) in [5, 5.41) is 0. The molecule has 0 radical (unpaired) electrons. The van der Waals surface area contributed by atoms with E-state index in [0.717, 1.165) is 0 Å². The number of rotatable bonds is 2. The number of benzene rings is 1. The van der Waals surface area contributed by atoms with Gasteiger partial charge in [0.05, 0.1) is 0 Å². The highest BCUT2D eigenvalue weighted by molar-refractivity contribution is 5.94. The maximum absolute atomic E-state index is 13.0. The maximum atomic E-state index is 13.0. The zero-order valence-corrected chi connectivity index (χ0v) is 6.80. The third-order valence-corrected chi connectivity index (χ3v) is 1.68. The number of nitrogens with two attached hydrogens (primary N) is 1. The third kappa shape index (κ3) is 1.68. The summed E-state index contributed by atoms with van der Waals surface area (Å²) in [4.78, 5) is 10.8. The molecule has 0 fully saturated rings. The molecule has 0 saturated heterocycles. The molecular formula is C9H10FNO. The second-order valence-electron chi connectivity index (χ2n) is 2.57. The van der Waals surface area contributed by atoms with Gasteiger partial charge in [-0.25, -0.2) is 4.39 Å². The molecule has 0 unspecified atom stereocenters. The lowest BCUT2D eigenvalue weighted by Gasteiger charge is -2.00. The van der Waals surface area contributed by atoms with E-state index in [0.29, 0.717) is 11.1 Å². The Morgan fingerprint density at radius 2 is 2.25 bits per heavy atom. The van der Waals surface area contributed by atoms with Crippen molar-refractivity contribution in [3.05, 3.63) is 35.1 Å². The Bertz CT molecular complexity index is 309. The summed E-state index contributed by atoms with van der Waals surface area (Å²) in [6, 6.07) is 4.32. The van der Waals surface area contributed by atoms with Gasteiger partial charge < -0.3 is 5.73 Å². The largest absolute Gasteiger partial charge is 0.326 e. The highest BCUT2D eigenvalue weighted by Gasteiger charge is 2.04. The van der Waals surface area contributed by atoms with E-state index < -0.39 is 5.82 Å². The molecule has 3 heteroatoms. The molecule has 64 valence electrons. The van der Waals surface area contributed by atoms with Crippen molar-refractivity contribution < 1.29 is 9.18 Å². The Hall–Kier alpha value is -1.22. The van der Waals surface area contributed by atoms with Gasteiger partial charge in [0.15, 0.2) is 5.78 Å². The summed E-state index contributed by atoms with van der Waals surface area (Å²) in [7, 11) is 0. The average molecular weight is 167 g/mol. The lowest BCUT2D eigenvalue weighted by atomic mass is 10.1. The highest BCUT2D eigenvalue weighted by atomic mass is 19.1.